The van der Waals surface area contributed by atoms with Gasteiger partial charge in [0.1, 0.15) is 5.75 Å². The number of amides is 1. The smallest absolute Gasteiger partial charge is 0.227 e. The minimum Gasteiger partial charge on any atom is -0.497 e. The fourth-order valence-corrected chi connectivity index (χ4v) is 3.51. The number of hydrogen-bond donors (Lipinski definition) is 0. The SMILES string of the molecule is COc1cccc(SCC(=O)c2ccc(N3CCCC3=O)cc2)c1. The van der Waals surface area contributed by atoms with Crippen LogP contribution in [-0.2, 0) is 4.79 Å². The van der Waals surface area contributed by atoms with Gasteiger partial charge < -0.3 is 9.64 Å². The van der Waals surface area contributed by atoms with Crippen LogP contribution in [-0.4, -0.2) is 31.1 Å². The lowest BCUT2D eigenvalue weighted by Crippen LogP contribution is -2.23. The molecule has 0 spiro atoms. The topological polar surface area (TPSA) is 46.6 Å². The lowest BCUT2D eigenvalue weighted by Gasteiger charge is -2.15. The highest BCUT2D eigenvalue weighted by atomic mass is 32.2. The van der Waals surface area contributed by atoms with Gasteiger partial charge in [0, 0.05) is 29.1 Å². The zero-order valence-corrected chi connectivity index (χ0v) is 14.3. The van der Waals surface area contributed by atoms with Crippen molar-refractivity contribution >= 4 is 29.1 Å². The van der Waals surface area contributed by atoms with Crippen LogP contribution in [0.2, 0.25) is 0 Å². The third kappa shape index (κ3) is 3.79. The maximum absolute atomic E-state index is 12.3. The Morgan fingerprint density at radius 2 is 2.00 bits per heavy atom. The minimum atomic E-state index is 0.0714. The van der Waals surface area contributed by atoms with E-state index in [1.165, 1.54) is 11.8 Å². The highest BCUT2D eigenvalue weighted by Gasteiger charge is 2.21. The number of carbonyl (C=O) groups excluding carboxylic acids is 2. The monoisotopic (exact) mass is 341 g/mol. The molecule has 124 valence electrons. The Labute approximate surface area is 145 Å². The number of rotatable bonds is 6. The summed E-state index contributed by atoms with van der Waals surface area (Å²) in [4.78, 5) is 26.9. The average Bonchev–Trinajstić information content (AvgIpc) is 3.06. The molecule has 0 unspecified atom stereocenters. The second-order valence-corrected chi connectivity index (χ2v) is 6.64. The van der Waals surface area contributed by atoms with Crippen LogP contribution < -0.4 is 9.64 Å². The van der Waals surface area contributed by atoms with E-state index in [1.807, 2.05) is 36.4 Å². The van der Waals surface area contributed by atoms with E-state index in [9.17, 15) is 9.59 Å². The molecule has 0 radical (unpaired) electrons. The van der Waals surface area contributed by atoms with Gasteiger partial charge in [-0.3, -0.25) is 9.59 Å². The van der Waals surface area contributed by atoms with E-state index < -0.39 is 0 Å². The highest BCUT2D eigenvalue weighted by Crippen LogP contribution is 2.25. The first kappa shape index (κ1) is 16.6. The van der Waals surface area contributed by atoms with Gasteiger partial charge in [0.25, 0.3) is 0 Å². The van der Waals surface area contributed by atoms with Crippen LogP contribution in [0.25, 0.3) is 0 Å². The second-order valence-electron chi connectivity index (χ2n) is 5.59. The summed E-state index contributed by atoms with van der Waals surface area (Å²) in [7, 11) is 1.63. The zero-order chi connectivity index (χ0) is 16.9. The van der Waals surface area contributed by atoms with Crippen LogP contribution in [0.15, 0.2) is 53.4 Å². The summed E-state index contributed by atoms with van der Waals surface area (Å²) in [6.07, 6.45) is 1.51. The molecule has 4 nitrogen and oxygen atoms in total. The molecule has 1 aliphatic rings. The molecule has 24 heavy (non-hydrogen) atoms. The van der Waals surface area contributed by atoms with Crippen molar-refractivity contribution in [1.29, 1.82) is 0 Å². The fourth-order valence-electron chi connectivity index (χ4n) is 2.67. The molecule has 1 fully saturated rings. The van der Waals surface area contributed by atoms with Gasteiger partial charge in [0.05, 0.1) is 12.9 Å². The molecule has 0 aromatic heterocycles. The van der Waals surface area contributed by atoms with Crippen LogP contribution in [0, 0.1) is 0 Å². The van der Waals surface area contributed by atoms with Gasteiger partial charge in [-0.1, -0.05) is 6.07 Å². The number of benzene rings is 2. The Balaban J connectivity index is 1.61. The van der Waals surface area contributed by atoms with Crippen LogP contribution in [0.5, 0.6) is 5.75 Å². The molecule has 0 bridgehead atoms. The summed E-state index contributed by atoms with van der Waals surface area (Å²) in [5.41, 5.74) is 1.54. The van der Waals surface area contributed by atoms with Crippen molar-refractivity contribution in [1.82, 2.24) is 0 Å². The second kappa shape index (κ2) is 7.53. The lowest BCUT2D eigenvalue weighted by molar-refractivity contribution is -0.117. The van der Waals surface area contributed by atoms with Crippen LogP contribution in [0.1, 0.15) is 23.2 Å². The Bertz CT molecular complexity index is 743. The number of ether oxygens (including phenoxy) is 1. The molecule has 5 heteroatoms. The lowest BCUT2D eigenvalue weighted by atomic mass is 10.1. The molecule has 2 aromatic carbocycles. The van der Waals surface area contributed by atoms with Crippen LogP contribution >= 0.6 is 11.8 Å². The van der Waals surface area contributed by atoms with Gasteiger partial charge >= 0.3 is 0 Å². The summed E-state index contributed by atoms with van der Waals surface area (Å²) in [5.74, 6) is 1.38. The molecule has 1 aliphatic heterocycles. The van der Waals surface area contributed by atoms with Crippen LogP contribution in [0.3, 0.4) is 0 Å². The number of carbonyl (C=O) groups is 2. The number of nitrogens with zero attached hydrogens (tertiary/aromatic N) is 1. The van der Waals surface area contributed by atoms with E-state index in [0.717, 1.165) is 29.3 Å². The molecular formula is C19H19NO3S. The van der Waals surface area contributed by atoms with E-state index >= 15 is 0 Å². The van der Waals surface area contributed by atoms with Gasteiger partial charge in [-0.25, -0.2) is 0 Å². The molecule has 1 saturated heterocycles. The van der Waals surface area contributed by atoms with Crippen molar-refractivity contribution in [2.75, 3.05) is 24.3 Å². The van der Waals surface area contributed by atoms with Gasteiger partial charge in [-0.15, -0.1) is 11.8 Å². The number of hydrogen-bond acceptors (Lipinski definition) is 4. The van der Waals surface area contributed by atoms with E-state index in [2.05, 4.69) is 0 Å². The van der Waals surface area contributed by atoms with Crippen molar-refractivity contribution < 1.29 is 14.3 Å². The number of anilines is 1. The summed E-state index contributed by atoms with van der Waals surface area (Å²) in [5, 5.41) is 0. The van der Waals surface area contributed by atoms with E-state index in [0.29, 0.717) is 17.7 Å². The van der Waals surface area contributed by atoms with Gasteiger partial charge in [0.2, 0.25) is 5.91 Å². The van der Waals surface area contributed by atoms with E-state index in [4.69, 9.17) is 4.74 Å². The molecule has 0 atom stereocenters. The molecule has 0 N–H and O–H groups in total. The Morgan fingerprint density at radius 1 is 1.21 bits per heavy atom. The summed E-state index contributed by atoms with van der Waals surface area (Å²) >= 11 is 1.49. The van der Waals surface area contributed by atoms with E-state index in [1.54, 1.807) is 24.1 Å². The van der Waals surface area contributed by atoms with Crippen molar-refractivity contribution in [2.45, 2.75) is 17.7 Å². The van der Waals surface area contributed by atoms with Crippen molar-refractivity contribution in [3.63, 3.8) is 0 Å². The standard InChI is InChI=1S/C19H19NO3S/c1-23-16-4-2-5-17(12-16)24-13-18(21)14-7-9-15(10-8-14)20-11-3-6-19(20)22/h2,4-5,7-10,12H,3,6,11,13H2,1H3. The van der Waals surface area contributed by atoms with Crippen molar-refractivity contribution in [2.24, 2.45) is 0 Å². The number of thioether (sulfide) groups is 1. The van der Waals surface area contributed by atoms with Gasteiger partial charge in [-0.2, -0.15) is 0 Å². The van der Waals surface area contributed by atoms with E-state index in [-0.39, 0.29) is 11.7 Å². The number of Topliss-reactive ketones (excluding diaryl/α,β-unsaturated/α-hetero) is 1. The predicted molar refractivity (Wildman–Crippen MR) is 96.1 cm³/mol. The molecule has 3 rings (SSSR count). The molecule has 1 amide bonds. The minimum absolute atomic E-state index is 0.0714. The summed E-state index contributed by atoms with van der Waals surface area (Å²) in [6, 6.07) is 15.0. The van der Waals surface area contributed by atoms with Crippen LogP contribution in [0.4, 0.5) is 5.69 Å². The first-order valence-electron chi connectivity index (χ1n) is 7.88. The summed E-state index contributed by atoms with van der Waals surface area (Å²) in [6.45, 7) is 0.762. The Morgan fingerprint density at radius 3 is 2.67 bits per heavy atom. The third-order valence-corrected chi connectivity index (χ3v) is 4.98. The number of ketones is 1. The maximum atomic E-state index is 12.3. The average molecular weight is 341 g/mol. The largest absolute Gasteiger partial charge is 0.497 e. The van der Waals surface area contributed by atoms with Gasteiger partial charge in [0.15, 0.2) is 5.78 Å². The Hall–Kier alpha value is -2.27. The molecule has 2 aromatic rings. The molecule has 1 heterocycles. The first-order valence-corrected chi connectivity index (χ1v) is 8.86. The summed E-state index contributed by atoms with van der Waals surface area (Å²) < 4.78 is 5.19. The van der Waals surface area contributed by atoms with Crippen molar-refractivity contribution in [3.8, 4) is 5.75 Å². The van der Waals surface area contributed by atoms with Crippen molar-refractivity contribution in [3.05, 3.63) is 54.1 Å². The molecule has 0 saturated carbocycles. The number of methoxy groups -OCH3 is 1. The molecule has 0 aliphatic carbocycles. The normalized spacial score (nSPS) is 14.0. The highest BCUT2D eigenvalue weighted by molar-refractivity contribution is 8.00. The molecular weight excluding hydrogens is 322 g/mol. The third-order valence-electron chi connectivity index (χ3n) is 3.99. The first-order chi connectivity index (χ1) is 11.7. The zero-order valence-electron chi connectivity index (χ0n) is 13.5. The van der Waals surface area contributed by atoms with Gasteiger partial charge in [-0.05, 0) is 48.9 Å². The maximum Gasteiger partial charge on any atom is 0.227 e. The quantitative estimate of drug-likeness (QED) is 0.592. The fraction of sp³-hybridized carbons (Fsp3) is 0.263. The predicted octanol–water partition coefficient (Wildman–Crippen LogP) is 3.80. The Kier molecular flexibility index (Phi) is 5.20.